The molecule has 1 fully saturated rings. The van der Waals surface area contributed by atoms with Crippen molar-refractivity contribution in [3.05, 3.63) is 72.0 Å². The smallest absolute Gasteiger partial charge is 0.145 e. The van der Waals surface area contributed by atoms with E-state index in [0.29, 0.717) is 5.92 Å². The van der Waals surface area contributed by atoms with Gasteiger partial charge >= 0.3 is 0 Å². The van der Waals surface area contributed by atoms with E-state index in [0.717, 1.165) is 51.1 Å². The van der Waals surface area contributed by atoms with Crippen LogP contribution in [0.15, 0.2) is 77.0 Å². The lowest BCUT2D eigenvalue weighted by molar-refractivity contribution is -0.00309. The Hall–Kier alpha value is -3.06. The first-order valence-electron chi connectivity index (χ1n) is 15.5. The molecule has 1 heterocycles. The van der Waals surface area contributed by atoms with Crippen LogP contribution in [0.2, 0.25) is 0 Å². The van der Waals surface area contributed by atoms with Crippen LogP contribution < -0.4 is 10.7 Å². The molecule has 8 heteroatoms. The van der Waals surface area contributed by atoms with Crippen molar-refractivity contribution in [2.75, 3.05) is 47.1 Å². The number of allylic oxidation sites excluding steroid dienone is 9. The Morgan fingerprint density at radius 1 is 1.23 bits per heavy atom. The van der Waals surface area contributed by atoms with E-state index in [-0.39, 0.29) is 30.8 Å². The molecule has 1 aliphatic carbocycles. The van der Waals surface area contributed by atoms with Crippen LogP contribution in [0.25, 0.3) is 0 Å². The molecule has 2 rings (SSSR count). The highest BCUT2D eigenvalue weighted by Gasteiger charge is 2.23. The molecule has 0 aromatic carbocycles. The van der Waals surface area contributed by atoms with Gasteiger partial charge in [0.15, 0.2) is 0 Å². The van der Waals surface area contributed by atoms with E-state index in [2.05, 4.69) is 86.0 Å². The minimum Gasteiger partial charge on any atom is -0.381 e. The third-order valence-electron chi connectivity index (χ3n) is 7.30. The Bertz CT molecular complexity index is 1030. The highest BCUT2D eigenvalue weighted by atomic mass is 16.5. The van der Waals surface area contributed by atoms with E-state index in [9.17, 15) is 0 Å². The first-order chi connectivity index (χ1) is 20.9. The van der Waals surface area contributed by atoms with Crippen molar-refractivity contribution in [1.82, 2.24) is 20.7 Å². The Kier molecular flexibility index (Phi) is 20.7. The second kappa shape index (κ2) is 23.4. The van der Waals surface area contributed by atoms with E-state index in [1.807, 2.05) is 49.4 Å². The summed E-state index contributed by atoms with van der Waals surface area (Å²) in [5.41, 5.74) is 5.61. The van der Waals surface area contributed by atoms with Gasteiger partial charge in [-0.25, -0.2) is 5.43 Å². The monoisotopic (exact) mass is 592 g/mol. The second-order valence-electron chi connectivity index (χ2n) is 10.5. The molecule has 4 N–H and O–H groups in total. The summed E-state index contributed by atoms with van der Waals surface area (Å²) in [5.74, 6) is 2.87. The summed E-state index contributed by atoms with van der Waals surface area (Å²) in [5, 5.41) is 22.0. The Labute approximate surface area is 261 Å². The standard InChI is InChI=1S/C30H45N5.C5H11NO2/c1-8-14-26(18-17-25(5)32-6)23-34-30(35(33-7)20-19-24(4)9-2)29(22-31)21-27(10-3)28-15-12-11-13-16-28;7-5-6-1-3-8-4-2-6/h2,11-15,17-25,28-33H,8,10,16H2,1,3-7H3;7H,1-5H2/b18-17-,20-19-,26-14+,27-21+,31-22?,34-23+;. The van der Waals surface area contributed by atoms with Crippen LogP contribution in [0.3, 0.4) is 0 Å². The molecule has 0 radical (unpaired) electrons. The number of aliphatic hydroxyl groups is 1. The Balaban J connectivity index is 0.000000990. The molecule has 0 amide bonds. The molecule has 0 aromatic heterocycles. The average Bonchev–Trinajstić information content (AvgIpc) is 3.06. The van der Waals surface area contributed by atoms with Crippen molar-refractivity contribution < 1.29 is 9.84 Å². The number of likely N-dealkylation sites (N-methyl/N-ethyl adjacent to an activating group) is 1. The minimum atomic E-state index is -0.348. The topological polar surface area (TPSA) is 96.2 Å². The molecule has 0 aromatic rings. The van der Waals surface area contributed by atoms with Gasteiger partial charge in [-0.15, -0.1) is 6.42 Å². The predicted octanol–water partition coefficient (Wildman–Crippen LogP) is 5.11. The van der Waals surface area contributed by atoms with Gasteiger partial charge in [0.05, 0.1) is 25.9 Å². The number of morpholine rings is 1. The molecule has 1 saturated heterocycles. The van der Waals surface area contributed by atoms with Gasteiger partial charge < -0.3 is 20.6 Å². The van der Waals surface area contributed by atoms with Crippen LogP contribution in [-0.4, -0.2) is 86.8 Å². The quantitative estimate of drug-likeness (QED) is 0.0655. The number of hydrogen-bond donors (Lipinski definition) is 4. The van der Waals surface area contributed by atoms with Gasteiger partial charge in [0.1, 0.15) is 6.17 Å². The number of nitrogens with zero attached hydrogens (tertiary/aromatic N) is 3. The number of aliphatic imine (C=N–C) groups is 1. The molecule has 43 heavy (non-hydrogen) atoms. The average molecular weight is 593 g/mol. The lowest BCUT2D eigenvalue weighted by atomic mass is 9.87. The lowest BCUT2D eigenvalue weighted by Crippen LogP contribution is -2.43. The fourth-order valence-electron chi connectivity index (χ4n) is 4.41. The van der Waals surface area contributed by atoms with E-state index in [4.69, 9.17) is 26.7 Å². The van der Waals surface area contributed by atoms with E-state index in [1.54, 1.807) is 0 Å². The highest BCUT2D eigenvalue weighted by molar-refractivity contribution is 5.82. The summed E-state index contributed by atoms with van der Waals surface area (Å²) >= 11 is 0. The number of hydrogen-bond acceptors (Lipinski definition) is 8. The van der Waals surface area contributed by atoms with Crippen molar-refractivity contribution in [1.29, 1.82) is 5.41 Å². The first kappa shape index (κ1) is 38.0. The lowest BCUT2D eigenvalue weighted by Gasteiger charge is -2.31. The summed E-state index contributed by atoms with van der Waals surface area (Å²) in [6.45, 7) is 11.8. The number of aliphatic hydroxyl groups excluding tert-OH is 1. The van der Waals surface area contributed by atoms with Gasteiger partial charge in [0.25, 0.3) is 0 Å². The summed E-state index contributed by atoms with van der Waals surface area (Å²) in [6.07, 6.45) is 32.6. The Morgan fingerprint density at radius 2 is 1.98 bits per heavy atom. The van der Waals surface area contributed by atoms with E-state index in [1.165, 1.54) is 11.8 Å². The van der Waals surface area contributed by atoms with Gasteiger partial charge in [-0.1, -0.05) is 80.0 Å². The molecular formula is C35H56N6O2. The van der Waals surface area contributed by atoms with Crippen LogP contribution in [0, 0.1) is 35.5 Å². The zero-order valence-electron chi connectivity index (χ0n) is 27.2. The molecule has 0 spiro atoms. The van der Waals surface area contributed by atoms with E-state index >= 15 is 0 Å². The third-order valence-corrected chi connectivity index (χ3v) is 7.30. The molecule has 238 valence electrons. The molecule has 1 aliphatic heterocycles. The van der Waals surface area contributed by atoms with Crippen molar-refractivity contribution in [2.45, 2.75) is 59.2 Å². The summed E-state index contributed by atoms with van der Waals surface area (Å²) in [7, 11) is 3.81. The zero-order chi connectivity index (χ0) is 31.9. The van der Waals surface area contributed by atoms with Crippen molar-refractivity contribution in [3.63, 3.8) is 0 Å². The van der Waals surface area contributed by atoms with Crippen molar-refractivity contribution >= 4 is 12.4 Å². The number of nitrogens with one attached hydrogen (secondary N) is 3. The molecule has 0 bridgehead atoms. The third kappa shape index (κ3) is 15.3. The van der Waals surface area contributed by atoms with Gasteiger partial charge in [0, 0.05) is 56.6 Å². The predicted molar refractivity (Wildman–Crippen MR) is 183 cm³/mol. The maximum atomic E-state index is 8.56. The van der Waals surface area contributed by atoms with Crippen LogP contribution in [0.4, 0.5) is 0 Å². The minimum absolute atomic E-state index is 0.00340. The largest absolute Gasteiger partial charge is 0.381 e. The fourth-order valence-corrected chi connectivity index (χ4v) is 4.41. The normalized spacial score (nSPS) is 20.9. The summed E-state index contributed by atoms with van der Waals surface area (Å²) in [6, 6.07) is 0.267. The molecule has 2 aliphatic rings. The van der Waals surface area contributed by atoms with E-state index < -0.39 is 0 Å². The number of ether oxygens (including phenoxy) is 1. The van der Waals surface area contributed by atoms with Gasteiger partial charge in [0.2, 0.25) is 0 Å². The van der Waals surface area contributed by atoms with Crippen LogP contribution in [-0.2, 0) is 4.74 Å². The highest BCUT2D eigenvalue weighted by Crippen LogP contribution is 2.26. The molecule has 8 nitrogen and oxygen atoms in total. The molecule has 0 saturated carbocycles. The molecule has 5 atom stereocenters. The van der Waals surface area contributed by atoms with Crippen LogP contribution in [0.1, 0.15) is 47.0 Å². The van der Waals surface area contributed by atoms with Crippen molar-refractivity contribution in [3.8, 4) is 12.3 Å². The second-order valence-corrected chi connectivity index (χ2v) is 10.5. The number of terminal acetylenes is 1. The number of hydrazine groups is 1. The zero-order valence-corrected chi connectivity index (χ0v) is 27.2. The molecular weight excluding hydrogens is 536 g/mol. The van der Waals surface area contributed by atoms with Crippen LogP contribution >= 0.6 is 0 Å². The van der Waals surface area contributed by atoms with Gasteiger partial charge in [-0.3, -0.25) is 14.9 Å². The number of rotatable bonds is 16. The SMILES string of the molecule is C#CC(C)/C=C\N(NC)C(/N=C/C(/C=C\C(C)NC)=C/CC)C(C=N)/C=C(\CC)C1C=CC=CC1.OCN1CCOCC1. The maximum absolute atomic E-state index is 8.56. The van der Waals surface area contributed by atoms with Crippen molar-refractivity contribution in [2.24, 2.45) is 22.7 Å². The fraction of sp³-hybridized carbons (Fsp3) is 0.543. The maximum Gasteiger partial charge on any atom is 0.145 e. The van der Waals surface area contributed by atoms with Gasteiger partial charge in [-0.05, 0) is 45.7 Å². The van der Waals surface area contributed by atoms with Crippen LogP contribution in [0.5, 0.6) is 0 Å². The first-order valence-corrected chi connectivity index (χ1v) is 15.5. The summed E-state index contributed by atoms with van der Waals surface area (Å²) < 4.78 is 5.05. The molecule has 5 unspecified atom stereocenters. The van der Waals surface area contributed by atoms with Gasteiger partial charge in [-0.2, -0.15) is 0 Å². The summed E-state index contributed by atoms with van der Waals surface area (Å²) in [4.78, 5) is 6.94. The Morgan fingerprint density at radius 3 is 2.49 bits per heavy atom.